The molecule has 0 aliphatic heterocycles. The van der Waals surface area contributed by atoms with Gasteiger partial charge in [-0.05, 0) is 11.8 Å². The summed E-state index contributed by atoms with van der Waals surface area (Å²) in [6.07, 6.45) is 6.15. The second-order valence-electron chi connectivity index (χ2n) is 3.66. The van der Waals surface area contributed by atoms with E-state index in [9.17, 15) is 0 Å². The van der Waals surface area contributed by atoms with Crippen LogP contribution >= 0.6 is 11.8 Å². The van der Waals surface area contributed by atoms with Crippen LogP contribution in [0.15, 0.2) is 35.4 Å². The Morgan fingerprint density at radius 2 is 1.21 bits per heavy atom. The smallest absolute Gasteiger partial charge is 0.181 e. The molecule has 8 nitrogen and oxygen atoms in total. The van der Waals surface area contributed by atoms with Gasteiger partial charge in [-0.15, -0.1) is 0 Å². The van der Waals surface area contributed by atoms with Crippen molar-refractivity contribution in [2.24, 2.45) is 0 Å². The Bertz CT molecular complexity index is 794. The third kappa shape index (κ3) is 1.63. The highest BCUT2D eigenvalue weighted by Gasteiger charge is 2.12. The van der Waals surface area contributed by atoms with E-state index in [1.165, 1.54) is 24.4 Å². The number of hydrogen-bond donors (Lipinski definition) is 2. The molecule has 0 unspecified atom stereocenters. The van der Waals surface area contributed by atoms with Gasteiger partial charge in [-0.3, -0.25) is 0 Å². The lowest BCUT2D eigenvalue weighted by molar-refractivity contribution is 1.06. The minimum atomic E-state index is 0.632. The van der Waals surface area contributed by atoms with Crippen LogP contribution in [0, 0.1) is 0 Å². The van der Waals surface area contributed by atoms with Gasteiger partial charge in [-0.2, -0.15) is 0 Å². The largest absolute Gasteiger partial charge is 0.341 e. The molecule has 0 aliphatic carbocycles. The van der Waals surface area contributed by atoms with E-state index < -0.39 is 0 Å². The maximum Gasteiger partial charge on any atom is 0.181 e. The van der Waals surface area contributed by atoms with E-state index in [0.717, 1.165) is 21.1 Å². The maximum absolute atomic E-state index is 4.25. The zero-order valence-corrected chi connectivity index (χ0v) is 10.2. The molecule has 9 heteroatoms. The molecule has 0 spiro atoms. The SMILES string of the molecule is c1nc(Sc2ncnc3nc[nH]c23)c2[nH]cnc2n1. The van der Waals surface area contributed by atoms with Gasteiger partial charge in [-0.25, -0.2) is 29.9 Å². The molecule has 0 saturated carbocycles. The Kier molecular flexibility index (Phi) is 2.18. The van der Waals surface area contributed by atoms with Crippen molar-refractivity contribution in [2.75, 3.05) is 0 Å². The fraction of sp³-hybridized carbons (Fsp3) is 0. The second kappa shape index (κ2) is 3.99. The highest BCUT2D eigenvalue weighted by Crippen LogP contribution is 2.30. The third-order valence-corrected chi connectivity index (χ3v) is 3.58. The van der Waals surface area contributed by atoms with Crippen molar-refractivity contribution in [2.45, 2.75) is 10.1 Å². The van der Waals surface area contributed by atoms with Gasteiger partial charge in [0.25, 0.3) is 0 Å². The number of hydrogen-bond acceptors (Lipinski definition) is 7. The second-order valence-corrected chi connectivity index (χ2v) is 4.64. The molecule has 2 N–H and O–H groups in total. The average molecular weight is 270 g/mol. The number of rotatable bonds is 2. The monoisotopic (exact) mass is 270 g/mol. The zero-order chi connectivity index (χ0) is 12.7. The lowest BCUT2D eigenvalue weighted by Gasteiger charge is -2.01. The minimum Gasteiger partial charge on any atom is -0.341 e. The van der Waals surface area contributed by atoms with Crippen LogP contribution in [0.5, 0.6) is 0 Å². The number of nitrogens with one attached hydrogen (secondary N) is 2. The van der Waals surface area contributed by atoms with Crippen molar-refractivity contribution in [3.8, 4) is 0 Å². The van der Waals surface area contributed by atoms with E-state index >= 15 is 0 Å². The summed E-state index contributed by atoms with van der Waals surface area (Å²) in [6, 6.07) is 0. The Morgan fingerprint density at radius 3 is 1.74 bits per heavy atom. The maximum atomic E-state index is 4.25. The number of nitrogens with zero attached hydrogens (tertiary/aromatic N) is 6. The Labute approximate surface area is 110 Å². The first-order chi connectivity index (χ1) is 9.42. The Balaban J connectivity index is 1.86. The van der Waals surface area contributed by atoms with Gasteiger partial charge in [-0.1, -0.05) is 0 Å². The first kappa shape index (κ1) is 10.4. The predicted octanol–water partition coefficient (Wildman–Crippen LogP) is 1.17. The average Bonchev–Trinajstić information content (AvgIpc) is 3.08. The molecule has 4 heterocycles. The van der Waals surface area contributed by atoms with Gasteiger partial charge in [0, 0.05) is 0 Å². The summed E-state index contributed by atoms with van der Waals surface area (Å²) in [5.74, 6) is 0. The van der Waals surface area contributed by atoms with E-state index in [0.29, 0.717) is 11.3 Å². The van der Waals surface area contributed by atoms with Crippen LogP contribution < -0.4 is 0 Å². The summed E-state index contributed by atoms with van der Waals surface area (Å²) < 4.78 is 0. The molecule has 0 aliphatic rings. The Hall–Kier alpha value is -2.55. The summed E-state index contributed by atoms with van der Waals surface area (Å²) in [5, 5.41) is 1.52. The molecule has 0 aromatic carbocycles. The molecule has 0 fully saturated rings. The lowest BCUT2D eigenvalue weighted by atomic mass is 10.6. The van der Waals surface area contributed by atoms with Crippen LogP contribution in [0.4, 0.5) is 0 Å². The van der Waals surface area contributed by atoms with Gasteiger partial charge in [0.2, 0.25) is 0 Å². The van der Waals surface area contributed by atoms with Crippen molar-refractivity contribution in [3.05, 3.63) is 25.3 Å². The molecule has 19 heavy (non-hydrogen) atoms. The third-order valence-electron chi connectivity index (χ3n) is 2.57. The van der Waals surface area contributed by atoms with Gasteiger partial charge in [0.15, 0.2) is 11.3 Å². The summed E-state index contributed by atoms with van der Waals surface area (Å²) in [4.78, 5) is 30.9. The molecule has 0 amide bonds. The number of aromatic nitrogens is 8. The molecule has 4 rings (SSSR count). The molecule has 0 radical (unpaired) electrons. The molecule has 0 atom stereocenters. The number of aromatic amines is 2. The minimum absolute atomic E-state index is 0.632. The molecule has 4 aromatic heterocycles. The number of imidazole rings is 2. The van der Waals surface area contributed by atoms with Crippen molar-refractivity contribution >= 4 is 34.1 Å². The van der Waals surface area contributed by atoms with Gasteiger partial charge in [0.05, 0.1) is 12.7 Å². The summed E-state index contributed by atoms with van der Waals surface area (Å²) in [5.41, 5.74) is 2.84. The molecule has 92 valence electrons. The van der Waals surface area contributed by atoms with Crippen LogP contribution in [0.25, 0.3) is 22.3 Å². The van der Waals surface area contributed by atoms with Crippen molar-refractivity contribution in [3.63, 3.8) is 0 Å². The first-order valence-electron chi connectivity index (χ1n) is 5.38. The van der Waals surface area contributed by atoms with E-state index in [1.54, 1.807) is 12.7 Å². The van der Waals surface area contributed by atoms with E-state index in [4.69, 9.17) is 0 Å². The fourth-order valence-corrected chi connectivity index (χ4v) is 2.62. The van der Waals surface area contributed by atoms with Crippen molar-refractivity contribution < 1.29 is 0 Å². The summed E-state index contributed by atoms with van der Waals surface area (Å²) >= 11 is 1.41. The zero-order valence-electron chi connectivity index (χ0n) is 9.40. The van der Waals surface area contributed by atoms with Crippen molar-refractivity contribution in [1.29, 1.82) is 0 Å². The van der Waals surface area contributed by atoms with E-state index in [1.807, 2.05) is 0 Å². The predicted molar refractivity (Wildman–Crippen MR) is 67.5 cm³/mol. The molecule has 0 saturated heterocycles. The van der Waals surface area contributed by atoms with Gasteiger partial charge < -0.3 is 9.97 Å². The van der Waals surface area contributed by atoms with E-state index in [-0.39, 0.29) is 0 Å². The van der Waals surface area contributed by atoms with Gasteiger partial charge >= 0.3 is 0 Å². The first-order valence-corrected chi connectivity index (χ1v) is 6.19. The van der Waals surface area contributed by atoms with Gasteiger partial charge in [0.1, 0.15) is 33.7 Å². The number of fused-ring (bicyclic) bond motifs is 2. The molecule has 0 bridgehead atoms. The standard InChI is InChI=1S/C10H6N8S/c1-11-5-7(13-1)15-3-17-9(5)19-10-6-8(14-2-12-6)16-4-18-10/h1-4H,(H,11,13,15,17)(H,12,14,16,18). The fourth-order valence-electron chi connectivity index (χ4n) is 1.73. The van der Waals surface area contributed by atoms with Crippen molar-refractivity contribution in [1.82, 2.24) is 39.9 Å². The Morgan fingerprint density at radius 1 is 0.684 bits per heavy atom. The number of H-pyrrole nitrogens is 2. The lowest BCUT2D eigenvalue weighted by Crippen LogP contribution is -1.89. The molecule has 4 aromatic rings. The summed E-state index contributed by atoms with van der Waals surface area (Å²) in [6.45, 7) is 0. The van der Waals surface area contributed by atoms with Crippen LogP contribution in [-0.4, -0.2) is 39.9 Å². The van der Waals surface area contributed by atoms with E-state index in [2.05, 4.69) is 39.9 Å². The highest BCUT2D eigenvalue weighted by atomic mass is 32.2. The van der Waals surface area contributed by atoms with Crippen LogP contribution in [0.3, 0.4) is 0 Å². The van der Waals surface area contributed by atoms with Crippen LogP contribution in [0.1, 0.15) is 0 Å². The molecular formula is C10H6N8S. The van der Waals surface area contributed by atoms with Crippen LogP contribution in [-0.2, 0) is 0 Å². The summed E-state index contributed by atoms with van der Waals surface area (Å²) in [7, 11) is 0. The normalized spacial score (nSPS) is 11.4. The highest BCUT2D eigenvalue weighted by molar-refractivity contribution is 7.99. The molecular weight excluding hydrogens is 264 g/mol. The quantitative estimate of drug-likeness (QED) is 0.526. The topological polar surface area (TPSA) is 109 Å². The van der Waals surface area contributed by atoms with Crippen LogP contribution in [0.2, 0.25) is 0 Å².